The van der Waals surface area contributed by atoms with Crippen LogP contribution in [0.3, 0.4) is 0 Å². The molecule has 0 saturated carbocycles. The Hall–Kier alpha value is -0.900. The van der Waals surface area contributed by atoms with Gasteiger partial charge >= 0.3 is 0 Å². The molecule has 80 valence electrons. The van der Waals surface area contributed by atoms with Crippen molar-refractivity contribution in [3.8, 4) is 0 Å². The highest BCUT2D eigenvalue weighted by atomic mass is 79.9. The molecule has 0 spiro atoms. The molecule has 1 aromatic carbocycles. The van der Waals surface area contributed by atoms with Crippen LogP contribution in [0.5, 0.6) is 0 Å². The van der Waals surface area contributed by atoms with Crippen LogP contribution in [0, 0.1) is 5.82 Å². The second-order valence-electron chi connectivity index (χ2n) is 4.38. The van der Waals surface area contributed by atoms with E-state index >= 15 is 0 Å². The zero-order valence-electron chi connectivity index (χ0n) is 8.53. The summed E-state index contributed by atoms with van der Waals surface area (Å²) < 4.78 is 14.3. The van der Waals surface area contributed by atoms with Gasteiger partial charge in [0.25, 0.3) is 5.91 Å². The molecule has 1 aliphatic heterocycles. The Kier molecular flexibility index (Phi) is 2.34. The number of amides is 1. The highest BCUT2D eigenvalue weighted by Gasteiger charge is 2.33. The highest BCUT2D eigenvalue weighted by molar-refractivity contribution is 9.10. The van der Waals surface area contributed by atoms with Crippen LogP contribution in [0.15, 0.2) is 16.6 Å². The van der Waals surface area contributed by atoms with Crippen LogP contribution in [0.4, 0.5) is 4.39 Å². The molecule has 15 heavy (non-hydrogen) atoms. The Morgan fingerprint density at radius 3 is 2.80 bits per heavy atom. The number of hydrogen-bond donors (Lipinski definition) is 1. The molecule has 0 aliphatic carbocycles. The molecule has 0 radical (unpaired) electrons. The van der Waals surface area contributed by atoms with E-state index in [1.165, 1.54) is 6.07 Å². The number of hydrogen-bond acceptors (Lipinski definition) is 1. The SMILES string of the molecule is CC1(C)CNC(=O)c2c(F)cc(Br)cc21. The van der Waals surface area contributed by atoms with Gasteiger partial charge in [-0.15, -0.1) is 0 Å². The van der Waals surface area contributed by atoms with Gasteiger partial charge in [-0.05, 0) is 17.7 Å². The third kappa shape index (κ3) is 1.67. The van der Waals surface area contributed by atoms with Crippen molar-refractivity contribution in [3.63, 3.8) is 0 Å². The normalized spacial score (nSPS) is 18.3. The monoisotopic (exact) mass is 271 g/mol. The van der Waals surface area contributed by atoms with Crippen LogP contribution in [0.2, 0.25) is 0 Å². The van der Waals surface area contributed by atoms with E-state index in [-0.39, 0.29) is 16.9 Å². The quantitative estimate of drug-likeness (QED) is 0.772. The lowest BCUT2D eigenvalue weighted by molar-refractivity contribution is 0.0925. The van der Waals surface area contributed by atoms with Crippen LogP contribution >= 0.6 is 15.9 Å². The molecule has 0 atom stereocenters. The number of carbonyl (C=O) groups excluding carboxylic acids is 1. The average molecular weight is 272 g/mol. The summed E-state index contributed by atoms with van der Waals surface area (Å²) in [5.74, 6) is -0.793. The standard InChI is InChI=1S/C11H11BrFNO/c1-11(2)5-14-10(15)9-7(11)3-6(12)4-8(9)13/h3-4H,5H2,1-2H3,(H,14,15). The second kappa shape index (κ2) is 3.30. The fourth-order valence-corrected chi connectivity index (χ4v) is 2.25. The van der Waals surface area contributed by atoms with Gasteiger partial charge in [-0.2, -0.15) is 0 Å². The van der Waals surface area contributed by atoms with Gasteiger partial charge in [0.2, 0.25) is 0 Å². The van der Waals surface area contributed by atoms with Gasteiger partial charge in [0, 0.05) is 16.4 Å². The summed E-state index contributed by atoms with van der Waals surface area (Å²) >= 11 is 3.24. The van der Waals surface area contributed by atoms with Crippen molar-refractivity contribution in [2.24, 2.45) is 0 Å². The molecular formula is C11H11BrFNO. The topological polar surface area (TPSA) is 29.1 Å². The summed E-state index contributed by atoms with van der Waals surface area (Å²) in [6.45, 7) is 4.50. The predicted molar refractivity (Wildman–Crippen MR) is 59.5 cm³/mol. The highest BCUT2D eigenvalue weighted by Crippen LogP contribution is 2.33. The number of carbonyl (C=O) groups is 1. The number of rotatable bonds is 0. The summed E-state index contributed by atoms with van der Waals surface area (Å²) in [7, 11) is 0. The number of fused-ring (bicyclic) bond motifs is 1. The van der Waals surface area contributed by atoms with Crippen molar-refractivity contribution >= 4 is 21.8 Å². The Labute approximate surface area is 96.0 Å². The van der Waals surface area contributed by atoms with Crippen molar-refractivity contribution in [2.75, 3.05) is 6.54 Å². The van der Waals surface area contributed by atoms with Gasteiger partial charge in [-0.1, -0.05) is 29.8 Å². The van der Waals surface area contributed by atoms with Gasteiger partial charge in [-0.25, -0.2) is 4.39 Å². The van der Waals surface area contributed by atoms with E-state index in [9.17, 15) is 9.18 Å². The molecule has 1 aliphatic rings. The molecule has 0 fully saturated rings. The van der Waals surface area contributed by atoms with E-state index in [1.807, 2.05) is 19.9 Å². The van der Waals surface area contributed by atoms with Gasteiger partial charge in [-0.3, -0.25) is 4.79 Å². The Morgan fingerprint density at radius 2 is 2.13 bits per heavy atom. The summed E-state index contributed by atoms with van der Waals surface area (Å²) in [4.78, 5) is 11.5. The smallest absolute Gasteiger partial charge is 0.254 e. The minimum Gasteiger partial charge on any atom is -0.351 e. The van der Waals surface area contributed by atoms with Crippen molar-refractivity contribution in [3.05, 3.63) is 33.5 Å². The van der Waals surface area contributed by atoms with E-state index < -0.39 is 5.82 Å². The molecule has 0 saturated heterocycles. The molecule has 1 aromatic rings. The maximum atomic E-state index is 13.6. The number of halogens is 2. The molecule has 1 heterocycles. The Bertz CT molecular complexity index is 442. The Morgan fingerprint density at radius 1 is 1.47 bits per heavy atom. The van der Waals surface area contributed by atoms with E-state index in [2.05, 4.69) is 21.2 Å². The zero-order valence-corrected chi connectivity index (χ0v) is 10.1. The van der Waals surface area contributed by atoms with Gasteiger partial charge in [0.05, 0.1) is 5.56 Å². The first-order chi connectivity index (χ1) is 6.92. The third-order valence-electron chi connectivity index (χ3n) is 2.70. The first kappa shape index (κ1) is 10.6. The van der Waals surface area contributed by atoms with Crippen LogP contribution in [0.1, 0.15) is 29.8 Å². The zero-order chi connectivity index (χ0) is 11.2. The summed E-state index contributed by atoms with van der Waals surface area (Å²) in [6, 6.07) is 3.14. The Balaban J connectivity index is 2.73. The van der Waals surface area contributed by atoms with E-state index in [0.29, 0.717) is 11.0 Å². The summed E-state index contributed by atoms with van der Waals surface area (Å²) in [5, 5.41) is 2.69. The fourth-order valence-electron chi connectivity index (χ4n) is 1.82. The predicted octanol–water partition coefficient (Wildman–Crippen LogP) is 2.61. The van der Waals surface area contributed by atoms with Crippen molar-refractivity contribution in [1.29, 1.82) is 0 Å². The lowest BCUT2D eigenvalue weighted by Crippen LogP contribution is -2.44. The van der Waals surface area contributed by atoms with E-state index in [0.717, 1.165) is 5.56 Å². The van der Waals surface area contributed by atoms with Crippen molar-refractivity contribution < 1.29 is 9.18 Å². The maximum Gasteiger partial charge on any atom is 0.254 e. The molecule has 1 N–H and O–H groups in total. The molecule has 1 amide bonds. The molecule has 0 unspecified atom stereocenters. The van der Waals surface area contributed by atoms with Crippen molar-refractivity contribution in [1.82, 2.24) is 5.32 Å². The van der Waals surface area contributed by atoms with Gasteiger partial charge in [0.1, 0.15) is 5.82 Å². The van der Waals surface area contributed by atoms with Crippen LogP contribution in [-0.2, 0) is 5.41 Å². The number of nitrogens with one attached hydrogen (secondary N) is 1. The molecular weight excluding hydrogens is 261 g/mol. The molecule has 2 nitrogen and oxygen atoms in total. The fraction of sp³-hybridized carbons (Fsp3) is 0.364. The average Bonchev–Trinajstić information content (AvgIpc) is 2.11. The minimum absolute atomic E-state index is 0.175. The largest absolute Gasteiger partial charge is 0.351 e. The number of benzene rings is 1. The van der Waals surface area contributed by atoms with Gasteiger partial charge < -0.3 is 5.32 Å². The van der Waals surface area contributed by atoms with Crippen LogP contribution in [-0.4, -0.2) is 12.5 Å². The summed E-state index contributed by atoms with van der Waals surface area (Å²) in [6.07, 6.45) is 0. The molecule has 0 aromatic heterocycles. The second-order valence-corrected chi connectivity index (χ2v) is 5.29. The van der Waals surface area contributed by atoms with Crippen molar-refractivity contribution in [2.45, 2.75) is 19.3 Å². The lowest BCUT2D eigenvalue weighted by Gasteiger charge is -2.32. The maximum absolute atomic E-state index is 13.6. The molecule has 2 rings (SSSR count). The molecule has 4 heteroatoms. The third-order valence-corrected chi connectivity index (χ3v) is 3.16. The first-order valence-electron chi connectivity index (χ1n) is 4.69. The van der Waals surface area contributed by atoms with Gasteiger partial charge in [0.15, 0.2) is 0 Å². The molecule has 0 bridgehead atoms. The summed E-state index contributed by atoms with van der Waals surface area (Å²) in [5.41, 5.74) is 0.709. The van der Waals surface area contributed by atoms with Crippen LogP contribution in [0.25, 0.3) is 0 Å². The van der Waals surface area contributed by atoms with E-state index in [1.54, 1.807) is 0 Å². The first-order valence-corrected chi connectivity index (χ1v) is 5.49. The lowest BCUT2D eigenvalue weighted by atomic mass is 9.79. The minimum atomic E-state index is -0.468. The van der Waals surface area contributed by atoms with E-state index in [4.69, 9.17) is 0 Å². The van der Waals surface area contributed by atoms with Crippen LogP contribution < -0.4 is 5.32 Å².